The van der Waals surface area contributed by atoms with Gasteiger partial charge in [-0.25, -0.2) is 13.1 Å². The van der Waals surface area contributed by atoms with E-state index in [-0.39, 0.29) is 6.54 Å². The summed E-state index contributed by atoms with van der Waals surface area (Å²) in [5.74, 6) is 0. The fourth-order valence-corrected chi connectivity index (χ4v) is 2.15. The molecule has 0 radical (unpaired) electrons. The third-order valence-electron chi connectivity index (χ3n) is 2.18. The molecule has 0 saturated carbocycles. The summed E-state index contributed by atoms with van der Waals surface area (Å²) in [5.41, 5.74) is 1.31. The number of benzene rings is 1. The van der Waals surface area contributed by atoms with E-state index in [1.165, 1.54) is 7.11 Å². The minimum Gasteiger partial charge on any atom is -0.399 e. The summed E-state index contributed by atoms with van der Waals surface area (Å²) in [7, 11) is -1.81. The Kier molecular flexibility index (Phi) is 6.06. The lowest BCUT2D eigenvalue weighted by Gasteiger charge is -2.07. The van der Waals surface area contributed by atoms with E-state index >= 15 is 0 Å². The fourth-order valence-electron chi connectivity index (χ4n) is 1.38. The highest BCUT2D eigenvalue weighted by molar-refractivity contribution is 7.88. The van der Waals surface area contributed by atoms with Gasteiger partial charge in [-0.3, -0.25) is 0 Å². The van der Waals surface area contributed by atoms with Crippen LogP contribution in [0.25, 0.3) is 0 Å². The van der Waals surface area contributed by atoms with E-state index in [1.807, 2.05) is 0 Å². The smallest absolute Gasteiger partial charge is 0.208 e. The van der Waals surface area contributed by atoms with E-state index in [9.17, 15) is 8.42 Å². The van der Waals surface area contributed by atoms with Crippen molar-refractivity contribution in [3.8, 4) is 0 Å². The van der Waals surface area contributed by atoms with E-state index in [0.29, 0.717) is 22.2 Å². The molecule has 8 heteroatoms. The van der Waals surface area contributed by atoms with Crippen molar-refractivity contribution < 1.29 is 13.3 Å². The molecule has 0 saturated heterocycles. The highest BCUT2D eigenvalue weighted by Crippen LogP contribution is 2.23. The summed E-state index contributed by atoms with van der Waals surface area (Å²) in [6, 6.07) is 5.04. The molecule has 0 aromatic heterocycles. The summed E-state index contributed by atoms with van der Waals surface area (Å²) in [6.07, 6.45) is 1.47. The molecular formula is C11H14Cl2N2O3S. The molecule has 0 amide bonds. The van der Waals surface area contributed by atoms with Gasteiger partial charge >= 0.3 is 0 Å². The standard InChI is InChI=1S/C11H14Cl2N2O3S/c1-18-15-11(5-6-14-19(2,16)17)8-3-4-9(12)10(13)7-8/h3-4,7,14H,5-6H2,1-2H3. The molecule has 0 aliphatic carbocycles. The molecule has 1 rings (SSSR count). The third kappa shape index (κ3) is 5.78. The van der Waals surface area contributed by atoms with Crippen LogP contribution in [0.15, 0.2) is 23.4 Å². The Bertz CT molecular complexity index is 573. The van der Waals surface area contributed by atoms with Crippen LogP contribution in [0, 0.1) is 0 Å². The second kappa shape index (κ2) is 7.09. The lowest BCUT2D eigenvalue weighted by molar-refractivity contribution is 0.213. The van der Waals surface area contributed by atoms with Crippen LogP contribution in [0.3, 0.4) is 0 Å². The van der Waals surface area contributed by atoms with Crippen molar-refractivity contribution in [3.63, 3.8) is 0 Å². The van der Waals surface area contributed by atoms with E-state index in [0.717, 1.165) is 11.8 Å². The van der Waals surface area contributed by atoms with Crippen molar-refractivity contribution in [1.82, 2.24) is 4.72 Å². The first kappa shape index (κ1) is 16.2. The number of sulfonamides is 1. The van der Waals surface area contributed by atoms with Gasteiger partial charge in [-0.1, -0.05) is 34.4 Å². The van der Waals surface area contributed by atoms with E-state index < -0.39 is 10.0 Å². The Labute approximate surface area is 122 Å². The van der Waals surface area contributed by atoms with Gasteiger partial charge < -0.3 is 4.84 Å². The molecule has 5 nitrogen and oxygen atoms in total. The van der Waals surface area contributed by atoms with Gasteiger partial charge in [0, 0.05) is 18.5 Å². The summed E-state index contributed by atoms with van der Waals surface area (Å²) >= 11 is 11.8. The Morgan fingerprint density at radius 3 is 2.58 bits per heavy atom. The van der Waals surface area contributed by atoms with Gasteiger partial charge in [-0.05, 0) is 12.1 Å². The minimum absolute atomic E-state index is 0.223. The molecule has 106 valence electrons. The lowest BCUT2D eigenvalue weighted by atomic mass is 10.1. The Morgan fingerprint density at radius 1 is 1.37 bits per heavy atom. The number of hydrogen-bond donors (Lipinski definition) is 1. The molecular weight excluding hydrogens is 311 g/mol. The monoisotopic (exact) mass is 324 g/mol. The number of rotatable bonds is 6. The molecule has 1 aromatic rings. The summed E-state index contributed by atoms with van der Waals surface area (Å²) in [6.45, 7) is 0.223. The summed E-state index contributed by atoms with van der Waals surface area (Å²) in [4.78, 5) is 4.75. The van der Waals surface area contributed by atoms with Crippen molar-refractivity contribution >= 4 is 38.9 Å². The first-order valence-electron chi connectivity index (χ1n) is 5.33. The molecule has 0 aliphatic heterocycles. The quantitative estimate of drug-likeness (QED) is 0.644. The molecule has 0 atom stereocenters. The molecule has 0 aliphatic rings. The van der Waals surface area contributed by atoms with Gasteiger partial charge in [-0.15, -0.1) is 0 Å². The highest BCUT2D eigenvalue weighted by Gasteiger charge is 2.09. The van der Waals surface area contributed by atoms with Gasteiger partial charge in [0.2, 0.25) is 10.0 Å². The van der Waals surface area contributed by atoms with Crippen molar-refractivity contribution in [2.75, 3.05) is 19.9 Å². The van der Waals surface area contributed by atoms with Crippen LogP contribution in [0.5, 0.6) is 0 Å². The van der Waals surface area contributed by atoms with Crippen molar-refractivity contribution in [1.29, 1.82) is 0 Å². The normalized spacial score (nSPS) is 12.5. The van der Waals surface area contributed by atoms with Gasteiger partial charge in [-0.2, -0.15) is 0 Å². The number of hydrogen-bond acceptors (Lipinski definition) is 4. The van der Waals surface area contributed by atoms with Crippen LogP contribution in [0.1, 0.15) is 12.0 Å². The van der Waals surface area contributed by atoms with Crippen LogP contribution in [-0.4, -0.2) is 34.0 Å². The average Bonchev–Trinajstić information content (AvgIpc) is 2.30. The summed E-state index contributed by atoms with van der Waals surface area (Å²) in [5, 5.41) is 4.71. The van der Waals surface area contributed by atoms with E-state index in [4.69, 9.17) is 28.0 Å². The molecule has 0 heterocycles. The third-order valence-corrected chi connectivity index (χ3v) is 3.65. The van der Waals surface area contributed by atoms with Gasteiger partial charge in [0.25, 0.3) is 0 Å². The van der Waals surface area contributed by atoms with Crippen LogP contribution in [-0.2, 0) is 14.9 Å². The molecule has 0 bridgehead atoms. The number of nitrogens with one attached hydrogen (secondary N) is 1. The van der Waals surface area contributed by atoms with E-state index in [2.05, 4.69) is 9.88 Å². The Balaban J connectivity index is 2.83. The molecule has 0 fully saturated rings. The maximum atomic E-state index is 11.0. The zero-order chi connectivity index (χ0) is 14.5. The molecule has 1 N–H and O–H groups in total. The minimum atomic E-state index is -3.22. The highest BCUT2D eigenvalue weighted by atomic mass is 35.5. The summed E-state index contributed by atoms with van der Waals surface area (Å²) < 4.78 is 24.4. The number of halogens is 2. The average molecular weight is 325 g/mol. The first-order valence-corrected chi connectivity index (χ1v) is 7.98. The second-order valence-corrected chi connectivity index (χ2v) is 6.41. The predicted molar refractivity (Wildman–Crippen MR) is 77.5 cm³/mol. The van der Waals surface area contributed by atoms with Crippen LogP contribution < -0.4 is 4.72 Å². The maximum absolute atomic E-state index is 11.0. The van der Waals surface area contributed by atoms with E-state index in [1.54, 1.807) is 18.2 Å². The van der Waals surface area contributed by atoms with Crippen molar-refractivity contribution in [3.05, 3.63) is 33.8 Å². The number of oxime groups is 1. The largest absolute Gasteiger partial charge is 0.399 e. The SMILES string of the molecule is CON=C(CCNS(C)(=O)=O)c1ccc(Cl)c(Cl)c1. The van der Waals surface area contributed by atoms with Crippen molar-refractivity contribution in [2.24, 2.45) is 5.16 Å². The predicted octanol–water partition coefficient (Wildman–Crippen LogP) is 2.28. The second-order valence-electron chi connectivity index (χ2n) is 3.77. The lowest BCUT2D eigenvalue weighted by Crippen LogP contribution is -2.25. The van der Waals surface area contributed by atoms with Crippen molar-refractivity contribution in [2.45, 2.75) is 6.42 Å². The van der Waals surface area contributed by atoms with Gasteiger partial charge in [0.1, 0.15) is 7.11 Å². The van der Waals surface area contributed by atoms with Crippen LogP contribution >= 0.6 is 23.2 Å². The zero-order valence-corrected chi connectivity index (χ0v) is 12.8. The van der Waals surface area contributed by atoms with Gasteiger partial charge in [0.15, 0.2) is 0 Å². The Hall–Kier alpha value is -0.820. The maximum Gasteiger partial charge on any atom is 0.208 e. The zero-order valence-electron chi connectivity index (χ0n) is 10.5. The molecule has 0 unspecified atom stereocenters. The molecule has 1 aromatic carbocycles. The van der Waals surface area contributed by atoms with Crippen LogP contribution in [0.4, 0.5) is 0 Å². The van der Waals surface area contributed by atoms with Crippen LogP contribution in [0.2, 0.25) is 10.0 Å². The Morgan fingerprint density at radius 2 is 2.05 bits per heavy atom. The fraction of sp³-hybridized carbons (Fsp3) is 0.364. The number of nitrogens with zero attached hydrogens (tertiary/aromatic N) is 1. The first-order chi connectivity index (χ1) is 8.83. The van der Waals surface area contributed by atoms with Gasteiger partial charge in [0.05, 0.1) is 22.0 Å². The molecule has 19 heavy (non-hydrogen) atoms. The molecule has 0 spiro atoms. The topological polar surface area (TPSA) is 67.8 Å².